The molecule has 0 aliphatic rings. The Morgan fingerprint density at radius 1 is 1.17 bits per heavy atom. The molecule has 7 nitrogen and oxygen atoms in total. The molecule has 0 aliphatic carbocycles. The second kappa shape index (κ2) is 5.06. The lowest BCUT2D eigenvalue weighted by molar-refractivity contribution is 0.0991. The van der Waals surface area contributed by atoms with Gasteiger partial charge in [0.1, 0.15) is 5.82 Å². The molecule has 23 heavy (non-hydrogen) atoms. The van der Waals surface area contributed by atoms with Crippen molar-refractivity contribution in [1.82, 2.24) is 19.9 Å². The van der Waals surface area contributed by atoms with Crippen LogP contribution in [0.25, 0.3) is 21.8 Å². The van der Waals surface area contributed by atoms with E-state index in [4.69, 9.17) is 5.73 Å². The lowest BCUT2D eigenvalue weighted by Crippen LogP contribution is -2.16. The van der Waals surface area contributed by atoms with Gasteiger partial charge in [0.05, 0.1) is 11.7 Å². The number of pyridine rings is 1. The second-order valence-electron chi connectivity index (χ2n) is 5.06. The normalized spacial score (nSPS) is 11.0. The Bertz CT molecular complexity index is 1040. The van der Waals surface area contributed by atoms with E-state index in [-0.39, 0.29) is 5.82 Å². The van der Waals surface area contributed by atoms with E-state index in [0.717, 1.165) is 22.0 Å². The quantitative estimate of drug-likeness (QED) is 0.538. The number of aromatic amines is 1. The average Bonchev–Trinajstić information content (AvgIpc) is 3.02. The minimum absolute atomic E-state index is 0.0456. The fourth-order valence-corrected chi connectivity index (χ4v) is 2.45. The van der Waals surface area contributed by atoms with E-state index in [1.165, 1.54) is 0 Å². The molecule has 0 radical (unpaired) electrons. The number of amides is 1. The number of carbonyl (C=O) groups is 1. The molecular formula is C16H12N6O. The van der Waals surface area contributed by atoms with Crippen LogP contribution in [-0.4, -0.2) is 25.8 Å². The summed E-state index contributed by atoms with van der Waals surface area (Å²) in [5.41, 5.74) is 7.77. The number of fused-ring (bicyclic) bond motifs is 2. The third-order valence-electron chi connectivity index (χ3n) is 3.54. The molecule has 4 rings (SSSR count). The highest BCUT2D eigenvalue weighted by atomic mass is 16.1. The van der Waals surface area contributed by atoms with Crippen molar-refractivity contribution in [2.45, 2.75) is 0 Å². The zero-order valence-electron chi connectivity index (χ0n) is 11.9. The van der Waals surface area contributed by atoms with Crippen molar-refractivity contribution < 1.29 is 4.79 Å². The highest BCUT2D eigenvalue weighted by Crippen LogP contribution is 2.25. The Kier molecular flexibility index (Phi) is 2.90. The number of nitrogens with two attached hydrogens (primary N) is 1. The van der Waals surface area contributed by atoms with E-state index >= 15 is 0 Å². The number of hydrogen-bond donors (Lipinski definition) is 3. The van der Waals surface area contributed by atoms with E-state index in [9.17, 15) is 4.79 Å². The van der Waals surface area contributed by atoms with Crippen molar-refractivity contribution in [3.8, 4) is 0 Å². The number of primary amides is 1. The summed E-state index contributed by atoms with van der Waals surface area (Å²) in [5.74, 6) is -0.211. The van der Waals surface area contributed by atoms with Crippen molar-refractivity contribution in [2.75, 3.05) is 5.32 Å². The maximum absolute atomic E-state index is 11.4. The lowest BCUT2D eigenvalue weighted by atomic mass is 10.2. The Hall–Kier alpha value is -3.48. The maximum atomic E-state index is 11.4. The fraction of sp³-hybridized carbons (Fsp3) is 0. The molecule has 4 N–H and O–H groups in total. The molecule has 0 saturated carbocycles. The summed E-state index contributed by atoms with van der Waals surface area (Å²) in [5, 5.41) is 5.06. The van der Waals surface area contributed by atoms with Crippen LogP contribution in [0.4, 0.5) is 11.5 Å². The SMILES string of the molecule is NC(=O)c1nc(Nc2ccc3[nH]ccc3c2)c2ccncc2n1. The van der Waals surface area contributed by atoms with Crippen LogP contribution in [0.5, 0.6) is 0 Å². The van der Waals surface area contributed by atoms with Crippen molar-refractivity contribution in [1.29, 1.82) is 0 Å². The standard InChI is InChI=1S/C16H12N6O/c17-14(23)16-21-13-8-18-5-4-11(13)15(22-16)20-10-1-2-12-9(7-10)3-6-19-12/h1-8,19H,(H2,17,23)(H,20,21,22). The van der Waals surface area contributed by atoms with Crippen molar-refractivity contribution >= 4 is 39.2 Å². The first-order chi connectivity index (χ1) is 11.2. The summed E-state index contributed by atoms with van der Waals surface area (Å²) in [4.78, 5) is 27.0. The Balaban J connectivity index is 1.84. The first-order valence-corrected chi connectivity index (χ1v) is 6.96. The second-order valence-corrected chi connectivity index (χ2v) is 5.06. The van der Waals surface area contributed by atoms with Gasteiger partial charge in [-0.25, -0.2) is 9.97 Å². The number of nitrogens with one attached hydrogen (secondary N) is 2. The molecule has 112 valence electrons. The first-order valence-electron chi connectivity index (χ1n) is 6.96. The summed E-state index contributed by atoms with van der Waals surface area (Å²) < 4.78 is 0. The van der Waals surface area contributed by atoms with Crippen LogP contribution in [0.15, 0.2) is 48.9 Å². The van der Waals surface area contributed by atoms with Gasteiger partial charge >= 0.3 is 0 Å². The Morgan fingerprint density at radius 3 is 2.96 bits per heavy atom. The number of aromatic nitrogens is 4. The lowest BCUT2D eigenvalue weighted by Gasteiger charge is -2.09. The van der Waals surface area contributed by atoms with E-state index in [1.807, 2.05) is 30.5 Å². The van der Waals surface area contributed by atoms with E-state index < -0.39 is 5.91 Å². The fourth-order valence-electron chi connectivity index (χ4n) is 2.45. The zero-order valence-corrected chi connectivity index (χ0v) is 11.9. The van der Waals surface area contributed by atoms with Crippen molar-refractivity contribution in [3.05, 3.63) is 54.7 Å². The largest absolute Gasteiger partial charge is 0.363 e. The van der Waals surface area contributed by atoms with Gasteiger partial charge in [-0.15, -0.1) is 0 Å². The number of anilines is 2. The summed E-state index contributed by atoms with van der Waals surface area (Å²) in [6.45, 7) is 0. The number of nitrogens with zero attached hydrogens (tertiary/aromatic N) is 3. The van der Waals surface area contributed by atoms with Crippen LogP contribution in [-0.2, 0) is 0 Å². The summed E-state index contributed by atoms with van der Waals surface area (Å²) in [6, 6.07) is 9.66. The van der Waals surface area contributed by atoms with Crippen LogP contribution in [0.2, 0.25) is 0 Å². The van der Waals surface area contributed by atoms with Crippen molar-refractivity contribution in [3.63, 3.8) is 0 Å². The van der Waals surface area contributed by atoms with Crippen LogP contribution in [0, 0.1) is 0 Å². The molecule has 0 saturated heterocycles. The van der Waals surface area contributed by atoms with Gasteiger partial charge < -0.3 is 16.0 Å². The van der Waals surface area contributed by atoms with Gasteiger partial charge in [0.15, 0.2) is 0 Å². The minimum atomic E-state index is -0.681. The molecule has 0 fully saturated rings. The van der Waals surface area contributed by atoms with Crippen LogP contribution >= 0.6 is 0 Å². The molecule has 0 spiro atoms. The van der Waals surface area contributed by atoms with Crippen molar-refractivity contribution in [2.24, 2.45) is 5.73 Å². The number of hydrogen-bond acceptors (Lipinski definition) is 5. The summed E-state index contributed by atoms with van der Waals surface area (Å²) in [6.07, 6.45) is 5.10. The minimum Gasteiger partial charge on any atom is -0.363 e. The highest BCUT2D eigenvalue weighted by Gasteiger charge is 2.12. The van der Waals surface area contributed by atoms with Gasteiger partial charge in [0.25, 0.3) is 5.91 Å². The molecule has 3 aromatic heterocycles. The van der Waals surface area contributed by atoms with Gasteiger partial charge in [-0.2, -0.15) is 0 Å². The molecule has 0 bridgehead atoms. The molecule has 0 unspecified atom stereocenters. The molecule has 3 heterocycles. The smallest absolute Gasteiger partial charge is 0.286 e. The molecule has 0 aliphatic heterocycles. The Labute approximate surface area is 130 Å². The van der Waals surface area contributed by atoms with E-state index in [0.29, 0.717) is 11.3 Å². The first kappa shape index (κ1) is 13.2. The maximum Gasteiger partial charge on any atom is 0.286 e. The van der Waals surface area contributed by atoms with Gasteiger partial charge in [0, 0.05) is 34.4 Å². The Morgan fingerprint density at radius 2 is 2.09 bits per heavy atom. The van der Waals surface area contributed by atoms with Gasteiger partial charge in [0.2, 0.25) is 5.82 Å². The van der Waals surface area contributed by atoms with Crippen LogP contribution < -0.4 is 11.1 Å². The van der Waals surface area contributed by atoms with Gasteiger partial charge in [-0.05, 0) is 30.3 Å². The number of benzene rings is 1. The molecule has 0 atom stereocenters. The predicted molar refractivity (Wildman–Crippen MR) is 87.4 cm³/mol. The topological polar surface area (TPSA) is 110 Å². The highest BCUT2D eigenvalue weighted by molar-refractivity contribution is 5.96. The molecule has 7 heteroatoms. The van der Waals surface area contributed by atoms with Crippen LogP contribution in [0.3, 0.4) is 0 Å². The molecule has 4 aromatic rings. The van der Waals surface area contributed by atoms with Crippen LogP contribution in [0.1, 0.15) is 10.6 Å². The molecule has 1 aromatic carbocycles. The monoisotopic (exact) mass is 304 g/mol. The van der Waals surface area contributed by atoms with Gasteiger partial charge in [-0.1, -0.05) is 0 Å². The zero-order chi connectivity index (χ0) is 15.8. The van der Waals surface area contributed by atoms with E-state index in [2.05, 4.69) is 25.3 Å². The number of carbonyl (C=O) groups excluding carboxylic acids is 1. The summed E-state index contributed by atoms with van der Waals surface area (Å²) >= 11 is 0. The molecular weight excluding hydrogens is 292 g/mol. The number of rotatable bonds is 3. The summed E-state index contributed by atoms with van der Waals surface area (Å²) in [7, 11) is 0. The van der Waals surface area contributed by atoms with E-state index in [1.54, 1.807) is 18.5 Å². The van der Waals surface area contributed by atoms with Gasteiger partial charge in [-0.3, -0.25) is 9.78 Å². The average molecular weight is 304 g/mol. The third kappa shape index (κ3) is 2.34. The predicted octanol–water partition coefficient (Wildman–Crippen LogP) is 2.35. The third-order valence-corrected chi connectivity index (χ3v) is 3.54. The number of H-pyrrole nitrogens is 1. The molecule has 1 amide bonds.